The van der Waals surface area contributed by atoms with Crippen molar-refractivity contribution in [2.24, 2.45) is 7.05 Å². The summed E-state index contributed by atoms with van der Waals surface area (Å²) in [5.41, 5.74) is 0.0719. The number of alkyl halides is 4. The van der Waals surface area contributed by atoms with Gasteiger partial charge in [-0.2, -0.15) is 0 Å². The van der Waals surface area contributed by atoms with Crippen LogP contribution in [0, 0.1) is 12.7 Å². The first-order valence-electron chi connectivity index (χ1n) is 10.3. The molecule has 0 radical (unpaired) electrons. The first-order valence-corrected chi connectivity index (χ1v) is 10.3. The van der Waals surface area contributed by atoms with Crippen molar-refractivity contribution < 1.29 is 22.0 Å². The summed E-state index contributed by atoms with van der Waals surface area (Å²) in [7, 11) is 1.54. The normalized spacial score (nSPS) is 15.7. The molecule has 33 heavy (non-hydrogen) atoms. The van der Waals surface area contributed by atoms with Crippen LogP contribution in [-0.2, 0) is 13.6 Å². The summed E-state index contributed by atoms with van der Waals surface area (Å²) in [6, 6.07) is 5.37. The Morgan fingerprint density at radius 3 is 2.67 bits per heavy atom. The monoisotopic (exact) mass is 464 g/mol. The Kier molecular flexibility index (Phi) is 5.94. The number of benzene rings is 1. The standard InChI is InChI=1S/C23H21F5N4O/c1-12-30-19-16(10-17(32(2)22(19)33)13-6-8-23(27,28)9-7-13)21(31-12)29-11-14-4-3-5-15(18(14)24)20(25)26/h3-6,10,20H,7-9,11H2,1-2H3,(H,29,30,31). The third kappa shape index (κ3) is 4.46. The fraction of sp³-hybridized carbons (Fsp3) is 0.348. The maximum Gasteiger partial charge on any atom is 0.277 e. The van der Waals surface area contributed by atoms with E-state index in [1.54, 1.807) is 20.0 Å². The average Bonchev–Trinajstić information content (AvgIpc) is 2.76. The summed E-state index contributed by atoms with van der Waals surface area (Å²) in [4.78, 5) is 21.5. The largest absolute Gasteiger partial charge is 0.365 e. The molecule has 0 fully saturated rings. The van der Waals surface area contributed by atoms with Gasteiger partial charge in [0.1, 0.15) is 23.0 Å². The number of rotatable bonds is 5. The van der Waals surface area contributed by atoms with E-state index < -0.39 is 35.7 Å². The molecular weight excluding hydrogens is 443 g/mol. The molecule has 0 saturated carbocycles. The lowest BCUT2D eigenvalue weighted by molar-refractivity contribution is -0.00608. The third-order valence-corrected chi connectivity index (χ3v) is 5.73. The molecule has 2 heterocycles. The van der Waals surface area contributed by atoms with Crippen molar-refractivity contribution in [2.75, 3.05) is 5.32 Å². The Morgan fingerprint density at radius 1 is 1.24 bits per heavy atom. The zero-order valence-electron chi connectivity index (χ0n) is 17.9. The summed E-state index contributed by atoms with van der Waals surface area (Å²) < 4.78 is 69.0. The van der Waals surface area contributed by atoms with Gasteiger partial charge in [-0.25, -0.2) is 31.9 Å². The van der Waals surface area contributed by atoms with Gasteiger partial charge in [-0.3, -0.25) is 4.79 Å². The maximum atomic E-state index is 14.4. The van der Waals surface area contributed by atoms with Gasteiger partial charge in [-0.1, -0.05) is 24.3 Å². The number of allylic oxidation sites excluding steroid dienone is 2. The van der Waals surface area contributed by atoms with Crippen molar-refractivity contribution in [1.29, 1.82) is 0 Å². The maximum absolute atomic E-state index is 14.4. The first-order chi connectivity index (χ1) is 15.6. The van der Waals surface area contributed by atoms with Crippen molar-refractivity contribution in [3.63, 3.8) is 0 Å². The van der Waals surface area contributed by atoms with Gasteiger partial charge in [-0.05, 0) is 25.0 Å². The first kappa shape index (κ1) is 22.9. The van der Waals surface area contributed by atoms with E-state index in [9.17, 15) is 26.7 Å². The second-order valence-corrected chi connectivity index (χ2v) is 8.04. The molecule has 0 saturated heterocycles. The van der Waals surface area contributed by atoms with Crippen LogP contribution in [0.2, 0.25) is 0 Å². The van der Waals surface area contributed by atoms with Crippen molar-refractivity contribution in [2.45, 2.75) is 45.1 Å². The number of hydrogen-bond acceptors (Lipinski definition) is 4. The molecule has 0 aliphatic heterocycles. The molecule has 1 N–H and O–H groups in total. The molecule has 0 unspecified atom stereocenters. The minimum Gasteiger partial charge on any atom is -0.365 e. The lowest BCUT2D eigenvalue weighted by Crippen LogP contribution is -2.24. The van der Waals surface area contributed by atoms with Crippen LogP contribution in [0.4, 0.5) is 27.8 Å². The number of nitrogens with one attached hydrogen (secondary N) is 1. The second kappa shape index (κ2) is 8.57. The van der Waals surface area contributed by atoms with E-state index in [-0.39, 0.29) is 42.1 Å². The average molecular weight is 464 g/mol. The minimum atomic E-state index is -2.95. The predicted molar refractivity (Wildman–Crippen MR) is 115 cm³/mol. The van der Waals surface area contributed by atoms with Gasteiger partial charge in [0.25, 0.3) is 17.9 Å². The Hall–Kier alpha value is -3.30. The molecule has 1 aliphatic carbocycles. The Labute approximate surface area is 186 Å². The zero-order valence-corrected chi connectivity index (χ0v) is 17.9. The number of anilines is 1. The molecule has 1 aromatic carbocycles. The molecule has 5 nitrogen and oxygen atoms in total. The van der Waals surface area contributed by atoms with E-state index in [4.69, 9.17) is 0 Å². The van der Waals surface area contributed by atoms with Crippen LogP contribution in [-0.4, -0.2) is 20.5 Å². The van der Waals surface area contributed by atoms with Gasteiger partial charge in [0.2, 0.25) is 0 Å². The fourth-order valence-corrected chi connectivity index (χ4v) is 3.94. The molecule has 3 aromatic rings. The van der Waals surface area contributed by atoms with Crippen LogP contribution < -0.4 is 10.9 Å². The number of fused-ring (bicyclic) bond motifs is 1. The highest BCUT2D eigenvalue weighted by molar-refractivity contribution is 5.90. The van der Waals surface area contributed by atoms with E-state index in [0.717, 1.165) is 6.07 Å². The van der Waals surface area contributed by atoms with Crippen LogP contribution in [0.15, 0.2) is 35.1 Å². The van der Waals surface area contributed by atoms with Gasteiger partial charge in [-0.15, -0.1) is 0 Å². The Bertz CT molecular complexity index is 1320. The van der Waals surface area contributed by atoms with E-state index >= 15 is 0 Å². The van der Waals surface area contributed by atoms with E-state index in [2.05, 4.69) is 15.3 Å². The molecule has 0 bridgehead atoms. The number of aryl methyl sites for hydroxylation is 1. The summed E-state index contributed by atoms with van der Waals surface area (Å²) >= 11 is 0. The van der Waals surface area contributed by atoms with E-state index in [1.165, 1.54) is 22.8 Å². The number of nitrogens with zero attached hydrogens (tertiary/aromatic N) is 3. The minimum absolute atomic E-state index is 0.0125. The van der Waals surface area contributed by atoms with Gasteiger partial charge in [0.05, 0.1) is 10.9 Å². The number of aromatic nitrogens is 3. The van der Waals surface area contributed by atoms with Crippen LogP contribution in [0.1, 0.15) is 48.3 Å². The quantitative estimate of drug-likeness (QED) is 0.505. The summed E-state index contributed by atoms with van der Waals surface area (Å²) in [6.07, 6.45) is -2.15. The highest BCUT2D eigenvalue weighted by Gasteiger charge is 2.32. The lowest BCUT2D eigenvalue weighted by atomic mass is 9.93. The molecule has 0 amide bonds. The van der Waals surface area contributed by atoms with Crippen LogP contribution >= 0.6 is 0 Å². The Balaban J connectivity index is 1.77. The molecule has 0 spiro atoms. The second-order valence-electron chi connectivity index (χ2n) is 8.04. The van der Waals surface area contributed by atoms with Crippen LogP contribution in [0.5, 0.6) is 0 Å². The Morgan fingerprint density at radius 2 is 2.00 bits per heavy atom. The van der Waals surface area contributed by atoms with Crippen molar-refractivity contribution in [3.05, 3.63) is 69.2 Å². The topological polar surface area (TPSA) is 59.8 Å². The molecule has 0 atom stereocenters. The van der Waals surface area contributed by atoms with Crippen molar-refractivity contribution >= 4 is 22.3 Å². The third-order valence-electron chi connectivity index (χ3n) is 5.73. The van der Waals surface area contributed by atoms with Gasteiger partial charge >= 0.3 is 0 Å². The van der Waals surface area contributed by atoms with Crippen molar-refractivity contribution in [3.8, 4) is 0 Å². The molecule has 1 aliphatic rings. The molecule has 174 valence electrons. The summed E-state index contributed by atoms with van der Waals surface area (Å²) in [5, 5.41) is 3.25. The summed E-state index contributed by atoms with van der Waals surface area (Å²) in [6.45, 7) is 1.43. The number of hydrogen-bond donors (Lipinski definition) is 1. The highest BCUT2D eigenvalue weighted by atomic mass is 19.3. The number of halogens is 5. The van der Waals surface area contributed by atoms with Crippen LogP contribution in [0.25, 0.3) is 16.5 Å². The fourth-order valence-electron chi connectivity index (χ4n) is 3.94. The smallest absolute Gasteiger partial charge is 0.277 e. The van der Waals surface area contributed by atoms with Gasteiger partial charge < -0.3 is 9.88 Å². The highest BCUT2D eigenvalue weighted by Crippen LogP contribution is 2.36. The predicted octanol–water partition coefficient (Wildman–Crippen LogP) is 5.53. The zero-order chi connectivity index (χ0) is 23.9. The molecule has 2 aromatic heterocycles. The SMILES string of the molecule is Cc1nc(NCc2cccc(C(F)F)c2F)c2cc(C3=CCC(F)(F)CC3)n(C)c(=O)c2n1. The van der Waals surface area contributed by atoms with E-state index in [1.807, 2.05) is 0 Å². The summed E-state index contributed by atoms with van der Waals surface area (Å²) in [5.74, 6) is -3.28. The van der Waals surface area contributed by atoms with Crippen LogP contribution in [0.3, 0.4) is 0 Å². The number of pyridine rings is 1. The molecule has 4 rings (SSSR count). The van der Waals surface area contributed by atoms with Gasteiger partial charge in [0.15, 0.2) is 0 Å². The van der Waals surface area contributed by atoms with E-state index in [0.29, 0.717) is 16.7 Å². The van der Waals surface area contributed by atoms with Crippen molar-refractivity contribution in [1.82, 2.24) is 14.5 Å². The lowest BCUT2D eigenvalue weighted by Gasteiger charge is -2.23. The van der Waals surface area contributed by atoms with Gasteiger partial charge in [0, 0.05) is 37.7 Å². The molecular formula is C23H21F5N4O. The molecule has 10 heteroatoms.